The summed E-state index contributed by atoms with van der Waals surface area (Å²) in [6, 6.07) is 4.16. The number of aliphatic carboxylic acids is 2. The van der Waals surface area contributed by atoms with Gasteiger partial charge in [0.05, 0.1) is 9.83 Å². The van der Waals surface area contributed by atoms with E-state index in [0.29, 0.717) is 5.56 Å². The van der Waals surface area contributed by atoms with Crippen LogP contribution < -0.4 is 0 Å². The number of halogens is 1. The molecule has 0 bridgehead atoms. The van der Waals surface area contributed by atoms with Crippen molar-refractivity contribution in [3.8, 4) is 0 Å². The third-order valence-corrected chi connectivity index (χ3v) is 5.28. The number of hydrogen-bond donors (Lipinski definition) is 2. The summed E-state index contributed by atoms with van der Waals surface area (Å²) < 4.78 is -0.0150. The minimum Gasteiger partial charge on any atom is -0.481 e. The Bertz CT molecular complexity index is 944. The molecule has 1 amide bonds. The molecule has 1 fully saturated rings. The highest BCUT2D eigenvalue weighted by Crippen LogP contribution is 2.35. The molecule has 1 heterocycles. The van der Waals surface area contributed by atoms with Crippen molar-refractivity contribution in [1.29, 1.82) is 0 Å². The number of hydrogen-bond acceptors (Lipinski definition) is 7. The second-order valence-electron chi connectivity index (χ2n) is 5.72. The Labute approximate surface area is 178 Å². The highest BCUT2D eigenvalue weighted by Gasteiger charge is 2.40. The molecule has 9 nitrogen and oxygen atoms in total. The van der Waals surface area contributed by atoms with Crippen LogP contribution in [0.15, 0.2) is 40.3 Å². The summed E-state index contributed by atoms with van der Waals surface area (Å²) in [7, 11) is 0. The van der Waals surface area contributed by atoms with Crippen LogP contribution in [0.2, 0.25) is 0 Å². The first-order chi connectivity index (χ1) is 13.6. The fourth-order valence-electron chi connectivity index (χ4n) is 2.39. The lowest BCUT2D eigenvalue weighted by atomic mass is 10.1. The zero-order valence-electron chi connectivity index (χ0n) is 14.5. The number of benzene rings is 1. The third-order valence-electron chi connectivity index (χ3n) is 3.73. The lowest BCUT2D eigenvalue weighted by Gasteiger charge is -2.22. The van der Waals surface area contributed by atoms with Crippen LogP contribution in [-0.4, -0.2) is 48.2 Å². The van der Waals surface area contributed by atoms with Crippen LogP contribution in [0.4, 0.5) is 5.69 Å². The number of carbonyl (C=O) groups excluding carboxylic acids is 1. The number of rotatable bonds is 8. The van der Waals surface area contributed by atoms with E-state index in [4.69, 9.17) is 28.9 Å². The number of allylic oxidation sites excluding steroid dienone is 2. The SMILES string of the molecule is O=C(O)CCC(C(=O)O)N1C(=O)/C(=C\C(Cl)=C/c2ccc([N+](=O)[O-])cc2)SC1=S. The van der Waals surface area contributed by atoms with Gasteiger partial charge in [0.1, 0.15) is 10.4 Å². The molecule has 1 atom stereocenters. The van der Waals surface area contributed by atoms with E-state index in [2.05, 4.69) is 0 Å². The molecule has 1 aromatic carbocycles. The number of amides is 1. The molecular weight excluding hydrogens is 444 g/mol. The zero-order chi connectivity index (χ0) is 21.7. The van der Waals surface area contributed by atoms with Gasteiger partial charge in [-0.2, -0.15) is 0 Å². The number of carboxylic acid groups (broad SMARTS) is 2. The molecule has 0 saturated carbocycles. The molecular formula is C17H13ClN2O7S2. The van der Waals surface area contributed by atoms with Crippen LogP contribution in [0.5, 0.6) is 0 Å². The Hall–Kier alpha value is -2.76. The van der Waals surface area contributed by atoms with E-state index >= 15 is 0 Å². The number of nitrogens with zero attached hydrogens (tertiary/aromatic N) is 2. The van der Waals surface area contributed by atoms with Gasteiger partial charge in [-0.15, -0.1) is 0 Å². The summed E-state index contributed by atoms with van der Waals surface area (Å²) in [5, 5.41) is 28.9. The number of thioether (sulfide) groups is 1. The number of carboxylic acids is 2. The highest BCUT2D eigenvalue weighted by atomic mass is 35.5. The first-order valence-corrected chi connectivity index (χ1v) is 9.53. The summed E-state index contributed by atoms with van der Waals surface area (Å²) in [4.78, 5) is 45.9. The van der Waals surface area contributed by atoms with E-state index in [9.17, 15) is 29.6 Å². The summed E-state index contributed by atoms with van der Waals surface area (Å²) in [6.45, 7) is 0. The second-order valence-corrected chi connectivity index (χ2v) is 7.83. The van der Waals surface area contributed by atoms with Crippen molar-refractivity contribution >= 4 is 69.5 Å². The van der Waals surface area contributed by atoms with Crippen molar-refractivity contribution in [1.82, 2.24) is 4.90 Å². The highest BCUT2D eigenvalue weighted by molar-refractivity contribution is 8.26. The minimum absolute atomic E-state index is 0.0150. The van der Waals surface area contributed by atoms with Crippen molar-refractivity contribution in [3.63, 3.8) is 0 Å². The molecule has 0 spiro atoms. The fourth-order valence-corrected chi connectivity index (χ4v) is 4.04. The lowest BCUT2D eigenvalue weighted by molar-refractivity contribution is -0.384. The van der Waals surface area contributed by atoms with E-state index in [-0.39, 0.29) is 26.4 Å². The quantitative estimate of drug-likeness (QED) is 0.261. The lowest BCUT2D eigenvalue weighted by Crippen LogP contribution is -2.44. The van der Waals surface area contributed by atoms with E-state index in [1.165, 1.54) is 36.4 Å². The average molecular weight is 457 g/mol. The molecule has 152 valence electrons. The molecule has 0 aliphatic carbocycles. The van der Waals surface area contributed by atoms with E-state index in [1.54, 1.807) is 0 Å². The first kappa shape index (κ1) is 22.5. The van der Waals surface area contributed by atoms with E-state index in [1.807, 2.05) is 0 Å². The first-order valence-electron chi connectivity index (χ1n) is 7.93. The Morgan fingerprint density at radius 1 is 1.31 bits per heavy atom. The number of nitro benzene ring substituents is 1. The molecule has 0 aromatic heterocycles. The number of carbonyl (C=O) groups is 3. The maximum atomic E-state index is 12.6. The van der Waals surface area contributed by atoms with Crippen molar-refractivity contribution < 1.29 is 29.5 Å². The summed E-state index contributed by atoms with van der Waals surface area (Å²) >= 11 is 12.1. The van der Waals surface area contributed by atoms with Gasteiger partial charge >= 0.3 is 11.9 Å². The second kappa shape index (κ2) is 9.63. The van der Waals surface area contributed by atoms with Crippen molar-refractivity contribution in [2.45, 2.75) is 18.9 Å². The van der Waals surface area contributed by atoms with Gasteiger partial charge in [-0.3, -0.25) is 24.6 Å². The van der Waals surface area contributed by atoms with Gasteiger partial charge in [-0.05, 0) is 36.3 Å². The van der Waals surface area contributed by atoms with Crippen LogP contribution in [0.25, 0.3) is 6.08 Å². The molecule has 0 radical (unpaired) electrons. The number of thiocarbonyl (C=S) groups is 1. The Morgan fingerprint density at radius 3 is 2.45 bits per heavy atom. The van der Waals surface area contributed by atoms with Crippen molar-refractivity contribution in [2.75, 3.05) is 0 Å². The predicted molar refractivity (Wildman–Crippen MR) is 110 cm³/mol. The molecule has 12 heteroatoms. The van der Waals surface area contributed by atoms with Gasteiger partial charge in [0.25, 0.3) is 11.6 Å². The topological polar surface area (TPSA) is 138 Å². The molecule has 1 aromatic rings. The smallest absolute Gasteiger partial charge is 0.326 e. The largest absolute Gasteiger partial charge is 0.481 e. The summed E-state index contributed by atoms with van der Waals surface area (Å²) in [5.41, 5.74) is 0.470. The maximum absolute atomic E-state index is 12.6. The van der Waals surface area contributed by atoms with Gasteiger partial charge in [-0.1, -0.05) is 35.6 Å². The summed E-state index contributed by atoms with van der Waals surface area (Å²) in [6.07, 6.45) is 2.04. The number of non-ortho nitro benzene ring substituents is 1. The molecule has 1 aliphatic rings. The summed E-state index contributed by atoms with van der Waals surface area (Å²) in [5.74, 6) is -3.24. The van der Waals surface area contributed by atoms with Gasteiger partial charge in [-0.25, -0.2) is 4.79 Å². The minimum atomic E-state index is -1.40. The molecule has 29 heavy (non-hydrogen) atoms. The molecule has 2 rings (SSSR count). The van der Waals surface area contributed by atoms with Gasteiger partial charge in [0.15, 0.2) is 0 Å². The van der Waals surface area contributed by atoms with Gasteiger partial charge in [0, 0.05) is 23.6 Å². The van der Waals surface area contributed by atoms with Crippen molar-refractivity contribution in [3.05, 3.63) is 56.0 Å². The molecule has 1 unspecified atom stereocenters. The molecule has 1 aliphatic heterocycles. The average Bonchev–Trinajstić information content (AvgIpc) is 2.89. The standard InChI is InChI=1S/C17H13ClN2O7S2/c18-10(7-9-1-3-11(4-2-9)20(26)27)8-13-15(23)19(17(28)29-13)12(16(24)25)5-6-14(21)22/h1-4,7-8,12H,5-6H2,(H,21,22)(H,24,25)/b10-7+,13-8+. The Balaban J connectivity index is 2.22. The molecule has 1 saturated heterocycles. The zero-order valence-corrected chi connectivity index (χ0v) is 16.9. The van der Waals surface area contributed by atoms with Crippen LogP contribution in [0.1, 0.15) is 18.4 Å². The third kappa shape index (κ3) is 5.86. The Morgan fingerprint density at radius 2 is 1.93 bits per heavy atom. The predicted octanol–water partition coefficient (Wildman–Crippen LogP) is 3.24. The fraction of sp³-hybridized carbons (Fsp3) is 0.176. The molecule has 2 N–H and O–H groups in total. The van der Waals surface area contributed by atoms with E-state index < -0.39 is 35.2 Å². The van der Waals surface area contributed by atoms with Crippen LogP contribution in [-0.2, 0) is 14.4 Å². The van der Waals surface area contributed by atoms with E-state index in [0.717, 1.165) is 16.7 Å². The van der Waals surface area contributed by atoms with Gasteiger partial charge in [0.2, 0.25) is 0 Å². The van der Waals surface area contributed by atoms with Crippen LogP contribution >= 0.6 is 35.6 Å². The van der Waals surface area contributed by atoms with Crippen LogP contribution in [0.3, 0.4) is 0 Å². The van der Waals surface area contributed by atoms with Gasteiger partial charge < -0.3 is 10.2 Å². The Kier molecular flexibility index (Phi) is 7.48. The number of nitro groups is 1. The maximum Gasteiger partial charge on any atom is 0.326 e. The van der Waals surface area contributed by atoms with Crippen molar-refractivity contribution in [2.24, 2.45) is 0 Å². The monoisotopic (exact) mass is 456 g/mol. The normalized spacial score (nSPS) is 16.9. The van der Waals surface area contributed by atoms with Crippen LogP contribution in [0, 0.1) is 10.1 Å².